The molecule has 90 valence electrons. The highest BCUT2D eigenvalue weighted by molar-refractivity contribution is 5.40. The van der Waals surface area contributed by atoms with Crippen LogP contribution in [0.3, 0.4) is 0 Å². The smallest absolute Gasteiger partial charge is 0.245 e. The molecule has 0 bridgehead atoms. The van der Waals surface area contributed by atoms with Crippen molar-refractivity contribution in [1.29, 1.82) is 0 Å². The summed E-state index contributed by atoms with van der Waals surface area (Å²) in [6.45, 7) is 3.69. The molecule has 1 aromatic heterocycles. The molecular formula is C11H16N6. The topological polar surface area (TPSA) is 72.9 Å². The number of anilines is 2. The number of nitrogens with two attached hydrogens (primary N) is 1. The number of tetrazole rings is 1. The Balaban J connectivity index is 2.16. The second kappa shape index (κ2) is 4.82. The minimum absolute atomic E-state index is 0.768. The Morgan fingerprint density at radius 2 is 2.00 bits per heavy atom. The van der Waals surface area contributed by atoms with Crippen LogP contribution < -0.4 is 10.6 Å². The molecule has 0 saturated carbocycles. The van der Waals surface area contributed by atoms with E-state index < -0.39 is 0 Å². The van der Waals surface area contributed by atoms with Crippen LogP contribution in [0, 0.1) is 0 Å². The first-order valence-corrected chi connectivity index (χ1v) is 5.52. The summed E-state index contributed by atoms with van der Waals surface area (Å²) in [7, 11) is 1.83. The van der Waals surface area contributed by atoms with Gasteiger partial charge in [0, 0.05) is 25.8 Å². The summed E-state index contributed by atoms with van der Waals surface area (Å²) >= 11 is 0. The Labute approximate surface area is 100 Å². The van der Waals surface area contributed by atoms with Gasteiger partial charge in [0.05, 0.1) is 0 Å². The lowest BCUT2D eigenvalue weighted by molar-refractivity contribution is 0.683. The van der Waals surface area contributed by atoms with Gasteiger partial charge in [0.25, 0.3) is 0 Å². The van der Waals surface area contributed by atoms with Crippen molar-refractivity contribution < 1.29 is 0 Å². The number of nitrogen functional groups attached to an aromatic ring is 1. The van der Waals surface area contributed by atoms with E-state index in [1.165, 1.54) is 5.56 Å². The van der Waals surface area contributed by atoms with Crippen molar-refractivity contribution >= 4 is 11.6 Å². The van der Waals surface area contributed by atoms with E-state index in [1.54, 1.807) is 4.68 Å². The van der Waals surface area contributed by atoms with Crippen molar-refractivity contribution in [2.24, 2.45) is 7.05 Å². The van der Waals surface area contributed by atoms with E-state index in [9.17, 15) is 0 Å². The number of nitrogens with zero attached hydrogens (tertiary/aromatic N) is 5. The molecule has 6 nitrogen and oxygen atoms in total. The van der Waals surface area contributed by atoms with E-state index in [2.05, 4.69) is 27.3 Å². The third kappa shape index (κ3) is 2.52. The molecule has 2 aromatic rings. The second-order valence-corrected chi connectivity index (χ2v) is 3.86. The first-order valence-electron chi connectivity index (χ1n) is 5.52. The molecule has 0 unspecified atom stereocenters. The van der Waals surface area contributed by atoms with Gasteiger partial charge in [-0.05, 0) is 35.0 Å². The zero-order valence-electron chi connectivity index (χ0n) is 10.0. The molecule has 0 spiro atoms. The number of benzene rings is 1. The fourth-order valence-corrected chi connectivity index (χ4v) is 1.66. The summed E-state index contributed by atoms with van der Waals surface area (Å²) in [6, 6.07) is 7.83. The van der Waals surface area contributed by atoms with Crippen LogP contribution in [-0.2, 0) is 13.6 Å². The lowest BCUT2D eigenvalue weighted by Gasteiger charge is -2.20. The van der Waals surface area contributed by atoms with Crippen LogP contribution >= 0.6 is 0 Å². The molecule has 0 aliphatic rings. The number of hydrogen-bond acceptors (Lipinski definition) is 5. The summed E-state index contributed by atoms with van der Waals surface area (Å²) < 4.78 is 1.67. The quantitative estimate of drug-likeness (QED) is 0.790. The molecule has 17 heavy (non-hydrogen) atoms. The number of rotatable bonds is 4. The summed E-state index contributed by atoms with van der Waals surface area (Å²) in [5, 5.41) is 11.5. The van der Waals surface area contributed by atoms with E-state index >= 15 is 0 Å². The average molecular weight is 232 g/mol. The summed E-state index contributed by atoms with van der Waals surface area (Å²) in [4.78, 5) is 2.10. The molecule has 2 N–H and O–H groups in total. The van der Waals surface area contributed by atoms with Gasteiger partial charge in [-0.1, -0.05) is 17.2 Å². The van der Waals surface area contributed by atoms with Crippen molar-refractivity contribution in [3.05, 3.63) is 29.8 Å². The lowest BCUT2D eigenvalue weighted by atomic mass is 10.2. The predicted octanol–water partition coefficient (Wildman–Crippen LogP) is 0.819. The normalized spacial score (nSPS) is 10.5. The zero-order valence-corrected chi connectivity index (χ0v) is 10.0. The van der Waals surface area contributed by atoms with Gasteiger partial charge in [-0.25, -0.2) is 4.68 Å². The fourth-order valence-electron chi connectivity index (χ4n) is 1.66. The highest BCUT2D eigenvalue weighted by Crippen LogP contribution is 2.13. The molecule has 0 atom stereocenters. The standard InChI is InChI=1S/C11H16N6/c1-3-17(11-13-14-15-16(11)2)8-9-4-6-10(12)7-5-9/h4-7H,3,8,12H2,1-2H3. The number of aryl methyl sites for hydroxylation is 1. The summed E-state index contributed by atoms with van der Waals surface area (Å²) in [6.07, 6.45) is 0. The van der Waals surface area contributed by atoms with Crippen LogP contribution in [0.15, 0.2) is 24.3 Å². The highest BCUT2D eigenvalue weighted by Gasteiger charge is 2.11. The first-order chi connectivity index (χ1) is 8.20. The van der Waals surface area contributed by atoms with E-state index in [1.807, 2.05) is 31.3 Å². The molecule has 1 aromatic carbocycles. The number of aromatic nitrogens is 4. The molecule has 2 rings (SSSR count). The molecule has 0 saturated heterocycles. The van der Waals surface area contributed by atoms with E-state index in [-0.39, 0.29) is 0 Å². The number of hydrogen-bond donors (Lipinski definition) is 1. The summed E-state index contributed by atoms with van der Waals surface area (Å²) in [5.41, 5.74) is 7.62. The van der Waals surface area contributed by atoms with Crippen LogP contribution in [0.25, 0.3) is 0 Å². The van der Waals surface area contributed by atoms with Crippen molar-refractivity contribution in [1.82, 2.24) is 20.2 Å². The molecule has 0 aliphatic heterocycles. The van der Waals surface area contributed by atoms with Crippen LogP contribution in [0.1, 0.15) is 12.5 Å². The second-order valence-electron chi connectivity index (χ2n) is 3.86. The molecule has 0 fully saturated rings. The minimum Gasteiger partial charge on any atom is -0.399 e. The Morgan fingerprint density at radius 3 is 2.53 bits per heavy atom. The maximum Gasteiger partial charge on any atom is 0.245 e. The lowest BCUT2D eigenvalue weighted by Crippen LogP contribution is -2.25. The third-order valence-corrected chi connectivity index (χ3v) is 2.62. The first kappa shape index (κ1) is 11.4. The van der Waals surface area contributed by atoms with Gasteiger partial charge < -0.3 is 10.6 Å². The molecule has 0 amide bonds. The summed E-state index contributed by atoms with van der Waals surface area (Å²) in [5.74, 6) is 0.768. The Morgan fingerprint density at radius 1 is 1.29 bits per heavy atom. The van der Waals surface area contributed by atoms with Crippen LogP contribution in [0.4, 0.5) is 11.6 Å². The maximum atomic E-state index is 5.66. The van der Waals surface area contributed by atoms with Gasteiger partial charge in [-0.3, -0.25) is 0 Å². The minimum atomic E-state index is 0.768. The monoisotopic (exact) mass is 232 g/mol. The van der Waals surface area contributed by atoms with Crippen molar-refractivity contribution in [2.75, 3.05) is 17.2 Å². The van der Waals surface area contributed by atoms with E-state index in [4.69, 9.17) is 5.73 Å². The van der Waals surface area contributed by atoms with Gasteiger partial charge >= 0.3 is 0 Å². The van der Waals surface area contributed by atoms with Crippen molar-refractivity contribution in [3.8, 4) is 0 Å². The maximum absolute atomic E-state index is 5.66. The van der Waals surface area contributed by atoms with Gasteiger partial charge in [0.2, 0.25) is 5.95 Å². The highest BCUT2D eigenvalue weighted by atomic mass is 15.6. The largest absolute Gasteiger partial charge is 0.399 e. The molecule has 1 heterocycles. The van der Waals surface area contributed by atoms with Crippen LogP contribution in [0.2, 0.25) is 0 Å². The van der Waals surface area contributed by atoms with Gasteiger partial charge in [-0.15, -0.1) is 0 Å². The van der Waals surface area contributed by atoms with Crippen LogP contribution in [-0.4, -0.2) is 26.8 Å². The molecule has 0 radical (unpaired) electrons. The van der Waals surface area contributed by atoms with Gasteiger partial charge in [-0.2, -0.15) is 0 Å². The fraction of sp³-hybridized carbons (Fsp3) is 0.364. The third-order valence-electron chi connectivity index (χ3n) is 2.62. The molecule has 6 heteroatoms. The van der Waals surface area contributed by atoms with Crippen molar-refractivity contribution in [2.45, 2.75) is 13.5 Å². The Bertz CT molecular complexity index is 475. The van der Waals surface area contributed by atoms with Crippen molar-refractivity contribution in [3.63, 3.8) is 0 Å². The predicted molar refractivity (Wildman–Crippen MR) is 66.4 cm³/mol. The van der Waals surface area contributed by atoms with Gasteiger partial charge in [0.1, 0.15) is 0 Å². The van der Waals surface area contributed by atoms with Crippen LogP contribution in [0.5, 0.6) is 0 Å². The SMILES string of the molecule is CCN(Cc1ccc(N)cc1)c1nnnn1C. The zero-order chi connectivity index (χ0) is 12.3. The van der Waals surface area contributed by atoms with E-state index in [0.717, 1.165) is 24.7 Å². The Kier molecular flexibility index (Phi) is 3.22. The Hall–Kier alpha value is -2.11. The average Bonchev–Trinajstić information content (AvgIpc) is 2.75. The van der Waals surface area contributed by atoms with Gasteiger partial charge in [0.15, 0.2) is 0 Å². The molecule has 0 aliphatic carbocycles. The molecular weight excluding hydrogens is 216 g/mol. The van der Waals surface area contributed by atoms with E-state index in [0.29, 0.717) is 0 Å².